The number of aromatic amines is 1. The second-order valence-corrected chi connectivity index (χ2v) is 7.01. The number of benzene rings is 2. The number of hydrogen-bond acceptors (Lipinski definition) is 5. The van der Waals surface area contributed by atoms with Gasteiger partial charge in [-0.25, -0.2) is 4.98 Å². The van der Waals surface area contributed by atoms with Crippen LogP contribution in [0.25, 0.3) is 22.2 Å². The lowest BCUT2D eigenvalue weighted by Crippen LogP contribution is -2.38. The first-order valence-corrected chi connectivity index (χ1v) is 8.84. The fourth-order valence-corrected chi connectivity index (χ4v) is 3.49. The van der Waals surface area contributed by atoms with Crippen molar-refractivity contribution in [2.24, 2.45) is 0 Å². The molecule has 0 radical (unpaired) electrons. The van der Waals surface area contributed by atoms with Gasteiger partial charge >= 0.3 is 0 Å². The lowest BCUT2D eigenvalue weighted by molar-refractivity contribution is -0.00455. The van der Waals surface area contributed by atoms with Crippen LogP contribution in [0.2, 0.25) is 0 Å². The molecule has 1 fully saturated rings. The van der Waals surface area contributed by atoms with E-state index in [4.69, 9.17) is 0 Å². The van der Waals surface area contributed by atoms with Gasteiger partial charge in [0, 0.05) is 12.1 Å². The zero-order valence-corrected chi connectivity index (χ0v) is 14.7. The van der Waals surface area contributed by atoms with Crippen molar-refractivity contribution in [2.45, 2.75) is 18.6 Å². The maximum absolute atomic E-state index is 12.8. The van der Waals surface area contributed by atoms with Gasteiger partial charge in [-0.2, -0.15) is 0 Å². The van der Waals surface area contributed by atoms with Gasteiger partial charge in [-0.15, -0.1) is 0 Å². The largest absolute Gasteiger partial charge is 0.393 e. The molecule has 0 aliphatic carbocycles. The Kier molecular flexibility index (Phi) is 4.43. The molecule has 3 aromatic rings. The quantitative estimate of drug-likeness (QED) is 0.556. The number of β-amino-alcohol motifs (C(OH)–C–C–N with tert-alkyl or cyclic N) is 1. The first-order valence-electron chi connectivity index (χ1n) is 8.84. The van der Waals surface area contributed by atoms with E-state index in [9.17, 15) is 20.1 Å². The van der Waals surface area contributed by atoms with Crippen molar-refractivity contribution in [1.29, 1.82) is 0 Å². The number of aliphatic hydroxyl groups is 3. The number of amides is 1. The highest BCUT2D eigenvalue weighted by Crippen LogP contribution is 2.26. The summed E-state index contributed by atoms with van der Waals surface area (Å²) in [5.41, 5.74) is 2.74. The van der Waals surface area contributed by atoms with Crippen molar-refractivity contribution < 1.29 is 20.1 Å². The molecule has 27 heavy (non-hydrogen) atoms. The van der Waals surface area contributed by atoms with Crippen molar-refractivity contribution in [2.75, 3.05) is 19.7 Å². The molecule has 140 valence electrons. The molecule has 7 nitrogen and oxygen atoms in total. The van der Waals surface area contributed by atoms with Crippen LogP contribution >= 0.6 is 0 Å². The van der Waals surface area contributed by atoms with Gasteiger partial charge in [-0.3, -0.25) is 4.79 Å². The second-order valence-electron chi connectivity index (χ2n) is 7.01. The number of carbonyl (C=O) groups is 1. The Balaban J connectivity index is 1.62. The summed E-state index contributed by atoms with van der Waals surface area (Å²) >= 11 is 0. The molecular formula is C20H21N3O4. The van der Waals surface area contributed by atoms with Gasteiger partial charge in [0.25, 0.3) is 5.91 Å². The Hall–Kier alpha value is -2.74. The molecule has 4 N–H and O–H groups in total. The summed E-state index contributed by atoms with van der Waals surface area (Å²) in [5, 5.41) is 28.6. The smallest absolute Gasteiger partial charge is 0.253 e. The third-order valence-corrected chi connectivity index (χ3v) is 5.04. The molecule has 0 saturated carbocycles. The van der Waals surface area contributed by atoms with Crippen molar-refractivity contribution in [3.8, 4) is 11.1 Å². The van der Waals surface area contributed by atoms with E-state index in [-0.39, 0.29) is 25.7 Å². The Morgan fingerprint density at radius 1 is 1.19 bits per heavy atom. The first-order chi connectivity index (χ1) is 13.0. The molecule has 1 aliphatic rings. The number of rotatable bonds is 4. The Morgan fingerprint density at radius 2 is 2.00 bits per heavy atom. The SMILES string of the molecule is O=C(c1cccc(-c2ccc3nc(CO)[nH]c3c2)c1)N1CC[C@](O)(CO)C1. The van der Waals surface area contributed by atoms with Gasteiger partial charge in [0.15, 0.2) is 0 Å². The van der Waals surface area contributed by atoms with Crippen LogP contribution in [0.15, 0.2) is 42.5 Å². The fourth-order valence-electron chi connectivity index (χ4n) is 3.49. The maximum atomic E-state index is 12.8. The van der Waals surface area contributed by atoms with Gasteiger partial charge in [0.05, 0.1) is 24.2 Å². The molecule has 2 heterocycles. The summed E-state index contributed by atoms with van der Waals surface area (Å²) in [7, 11) is 0. The highest BCUT2D eigenvalue weighted by Gasteiger charge is 2.37. The molecule has 0 unspecified atom stereocenters. The average molecular weight is 367 g/mol. The van der Waals surface area contributed by atoms with Gasteiger partial charge in [-0.1, -0.05) is 18.2 Å². The van der Waals surface area contributed by atoms with E-state index in [0.717, 1.165) is 22.2 Å². The first kappa shape index (κ1) is 17.7. The van der Waals surface area contributed by atoms with Crippen LogP contribution in [0, 0.1) is 0 Å². The summed E-state index contributed by atoms with van der Waals surface area (Å²) in [4.78, 5) is 21.7. The number of H-pyrrole nitrogens is 1. The minimum Gasteiger partial charge on any atom is -0.393 e. The number of aliphatic hydroxyl groups excluding tert-OH is 2. The molecule has 1 amide bonds. The Morgan fingerprint density at radius 3 is 2.74 bits per heavy atom. The Bertz CT molecular complexity index is 1000. The van der Waals surface area contributed by atoms with Gasteiger partial charge < -0.3 is 25.2 Å². The lowest BCUT2D eigenvalue weighted by Gasteiger charge is -2.21. The summed E-state index contributed by atoms with van der Waals surface area (Å²) in [6, 6.07) is 13.1. The fraction of sp³-hybridized carbons (Fsp3) is 0.300. The van der Waals surface area contributed by atoms with Gasteiger partial charge in [0.2, 0.25) is 0 Å². The third-order valence-electron chi connectivity index (χ3n) is 5.04. The molecule has 7 heteroatoms. The molecular weight excluding hydrogens is 346 g/mol. The standard InChI is InChI=1S/C20H21N3O4/c24-10-18-21-16-5-4-14(9-17(16)22-18)13-2-1-3-15(8-13)19(26)23-7-6-20(27,11-23)12-25/h1-5,8-9,24-25,27H,6-7,10-12H2,(H,21,22)/t20-/m1/s1. The number of imidazole rings is 1. The molecule has 0 bridgehead atoms. The molecule has 4 rings (SSSR count). The van der Waals surface area contributed by atoms with Crippen LogP contribution in [-0.2, 0) is 6.61 Å². The minimum absolute atomic E-state index is 0.136. The Labute approximate surface area is 155 Å². The van der Waals surface area contributed by atoms with Crippen molar-refractivity contribution in [3.63, 3.8) is 0 Å². The van der Waals surface area contributed by atoms with Crippen LogP contribution in [0.5, 0.6) is 0 Å². The predicted octanol–water partition coefficient (Wildman–Crippen LogP) is 1.29. The zero-order chi connectivity index (χ0) is 19.0. The topological polar surface area (TPSA) is 110 Å². The summed E-state index contributed by atoms with van der Waals surface area (Å²) in [5.74, 6) is 0.350. The van der Waals surface area contributed by atoms with Gasteiger partial charge in [-0.05, 0) is 41.8 Å². The second kappa shape index (κ2) is 6.77. The van der Waals surface area contributed by atoms with E-state index < -0.39 is 5.60 Å². The minimum atomic E-state index is -1.21. The van der Waals surface area contributed by atoms with E-state index in [0.29, 0.717) is 24.4 Å². The van der Waals surface area contributed by atoms with Crippen LogP contribution in [0.1, 0.15) is 22.6 Å². The predicted molar refractivity (Wildman–Crippen MR) is 100 cm³/mol. The number of nitrogens with zero attached hydrogens (tertiary/aromatic N) is 2. The van der Waals surface area contributed by atoms with E-state index in [1.807, 2.05) is 36.4 Å². The summed E-state index contributed by atoms with van der Waals surface area (Å²) < 4.78 is 0. The van der Waals surface area contributed by atoms with E-state index in [1.54, 1.807) is 11.0 Å². The van der Waals surface area contributed by atoms with Gasteiger partial charge in [0.1, 0.15) is 18.0 Å². The van der Waals surface area contributed by atoms with E-state index >= 15 is 0 Å². The molecule has 1 aromatic heterocycles. The summed E-state index contributed by atoms with van der Waals surface area (Å²) in [6.07, 6.45) is 0.374. The maximum Gasteiger partial charge on any atom is 0.253 e. The highest BCUT2D eigenvalue weighted by molar-refractivity contribution is 5.96. The highest BCUT2D eigenvalue weighted by atomic mass is 16.3. The normalized spacial score (nSPS) is 19.7. The third kappa shape index (κ3) is 3.32. The average Bonchev–Trinajstić information content (AvgIpc) is 3.30. The monoisotopic (exact) mass is 367 g/mol. The molecule has 0 spiro atoms. The molecule has 1 atom stereocenters. The van der Waals surface area contributed by atoms with Crippen LogP contribution < -0.4 is 0 Å². The zero-order valence-electron chi connectivity index (χ0n) is 14.7. The van der Waals surface area contributed by atoms with E-state index in [2.05, 4.69) is 9.97 Å². The number of aromatic nitrogens is 2. The number of carbonyl (C=O) groups excluding carboxylic acids is 1. The number of likely N-dealkylation sites (tertiary alicyclic amines) is 1. The van der Waals surface area contributed by atoms with E-state index in [1.165, 1.54) is 0 Å². The number of fused-ring (bicyclic) bond motifs is 1. The molecule has 1 saturated heterocycles. The van der Waals surface area contributed by atoms with Crippen LogP contribution in [-0.4, -0.2) is 61.4 Å². The lowest BCUT2D eigenvalue weighted by atomic mass is 10.0. The number of nitrogens with one attached hydrogen (secondary N) is 1. The molecule has 2 aromatic carbocycles. The summed E-state index contributed by atoms with van der Waals surface area (Å²) in [6.45, 7) is 0.0572. The number of hydrogen-bond donors (Lipinski definition) is 4. The van der Waals surface area contributed by atoms with Crippen LogP contribution in [0.3, 0.4) is 0 Å². The van der Waals surface area contributed by atoms with Crippen molar-refractivity contribution in [1.82, 2.24) is 14.9 Å². The van der Waals surface area contributed by atoms with Crippen molar-refractivity contribution >= 4 is 16.9 Å². The molecule has 1 aliphatic heterocycles. The van der Waals surface area contributed by atoms with Crippen LogP contribution in [0.4, 0.5) is 0 Å². The van der Waals surface area contributed by atoms with Crippen molar-refractivity contribution in [3.05, 3.63) is 53.9 Å².